The summed E-state index contributed by atoms with van der Waals surface area (Å²) in [4.78, 5) is 13.4. The van der Waals surface area contributed by atoms with Crippen LogP contribution in [0.3, 0.4) is 0 Å². The molecule has 1 atom stereocenters. The van der Waals surface area contributed by atoms with E-state index in [0.29, 0.717) is 11.2 Å². The van der Waals surface area contributed by atoms with Crippen molar-refractivity contribution in [3.8, 4) is 0 Å². The van der Waals surface area contributed by atoms with Crippen LogP contribution in [0, 0.1) is 12.8 Å². The average Bonchev–Trinajstić information content (AvgIpc) is 2.78. The van der Waals surface area contributed by atoms with Crippen LogP contribution in [0.15, 0.2) is 6.07 Å². The molecule has 0 spiro atoms. The molecule has 2 aromatic heterocycles. The van der Waals surface area contributed by atoms with Gasteiger partial charge < -0.3 is 9.64 Å². The lowest BCUT2D eigenvalue weighted by molar-refractivity contribution is 0.143. The summed E-state index contributed by atoms with van der Waals surface area (Å²) < 4.78 is 5.30. The van der Waals surface area contributed by atoms with Crippen LogP contribution in [0.5, 0.6) is 0 Å². The lowest BCUT2D eigenvalue weighted by atomic mass is 9.99. The number of thiophene rings is 1. The second-order valence-corrected chi connectivity index (χ2v) is 6.87. The van der Waals surface area contributed by atoms with E-state index in [4.69, 9.17) is 16.3 Å². The lowest BCUT2D eigenvalue weighted by Gasteiger charge is -2.33. The molecule has 108 valence electrons. The van der Waals surface area contributed by atoms with Gasteiger partial charge in [0.2, 0.25) is 5.28 Å². The Morgan fingerprint density at radius 2 is 2.35 bits per heavy atom. The van der Waals surface area contributed by atoms with Crippen molar-refractivity contribution in [2.45, 2.75) is 19.8 Å². The van der Waals surface area contributed by atoms with E-state index in [0.717, 1.165) is 35.7 Å². The number of anilines is 1. The Morgan fingerprint density at radius 3 is 3.15 bits per heavy atom. The van der Waals surface area contributed by atoms with Crippen LogP contribution in [-0.4, -0.2) is 36.8 Å². The number of hydrogen-bond donors (Lipinski definition) is 0. The highest BCUT2D eigenvalue weighted by Crippen LogP contribution is 2.33. The molecule has 1 fully saturated rings. The molecule has 20 heavy (non-hydrogen) atoms. The molecule has 1 aliphatic rings. The van der Waals surface area contributed by atoms with Gasteiger partial charge in [-0.1, -0.05) is 0 Å². The summed E-state index contributed by atoms with van der Waals surface area (Å²) in [5.74, 6) is 1.54. The fraction of sp³-hybridized carbons (Fsp3) is 0.571. The summed E-state index contributed by atoms with van der Waals surface area (Å²) in [5, 5.41) is 1.46. The molecule has 1 saturated heterocycles. The summed E-state index contributed by atoms with van der Waals surface area (Å²) in [7, 11) is 1.76. The Balaban J connectivity index is 1.96. The van der Waals surface area contributed by atoms with Crippen LogP contribution in [0.2, 0.25) is 5.28 Å². The number of nitrogens with zero attached hydrogens (tertiary/aromatic N) is 3. The molecule has 0 aliphatic carbocycles. The average molecular weight is 312 g/mol. The molecule has 0 N–H and O–H groups in total. The predicted molar refractivity (Wildman–Crippen MR) is 84.0 cm³/mol. The SMILES string of the molecule is COCC1CCCN(c2nc(Cl)nc3sc(C)cc23)C1. The van der Waals surface area contributed by atoms with Gasteiger partial charge in [0.15, 0.2) is 0 Å². The van der Waals surface area contributed by atoms with Crippen LogP contribution < -0.4 is 4.90 Å². The van der Waals surface area contributed by atoms with Crippen LogP contribution >= 0.6 is 22.9 Å². The molecule has 0 aromatic carbocycles. The minimum absolute atomic E-state index is 0.336. The van der Waals surface area contributed by atoms with E-state index in [1.807, 2.05) is 0 Å². The second kappa shape index (κ2) is 5.84. The van der Waals surface area contributed by atoms with E-state index in [2.05, 4.69) is 27.9 Å². The molecule has 0 radical (unpaired) electrons. The van der Waals surface area contributed by atoms with E-state index in [9.17, 15) is 0 Å². The van der Waals surface area contributed by atoms with Crippen LogP contribution in [0.4, 0.5) is 5.82 Å². The van der Waals surface area contributed by atoms with E-state index < -0.39 is 0 Å². The van der Waals surface area contributed by atoms with Crippen molar-refractivity contribution in [3.63, 3.8) is 0 Å². The zero-order valence-corrected chi connectivity index (χ0v) is 13.3. The summed E-state index contributed by atoms with van der Waals surface area (Å²) in [6.45, 7) is 4.90. The van der Waals surface area contributed by atoms with Crippen molar-refractivity contribution in [2.75, 3.05) is 31.7 Å². The zero-order chi connectivity index (χ0) is 14.1. The molecule has 0 saturated carbocycles. The van der Waals surface area contributed by atoms with Gasteiger partial charge in [0.1, 0.15) is 10.6 Å². The number of rotatable bonds is 3. The van der Waals surface area contributed by atoms with Crippen molar-refractivity contribution in [1.82, 2.24) is 9.97 Å². The molecule has 0 bridgehead atoms. The number of methoxy groups -OCH3 is 1. The maximum absolute atomic E-state index is 6.08. The van der Waals surface area contributed by atoms with Crippen LogP contribution in [0.1, 0.15) is 17.7 Å². The normalized spacial score (nSPS) is 19.8. The molecular weight excluding hydrogens is 294 g/mol. The van der Waals surface area contributed by atoms with Crippen molar-refractivity contribution in [3.05, 3.63) is 16.2 Å². The highest BCUT2D eigenvalue weighted by Gasteiger charge is 2.23. The Labute approximate surface area is 127 Å². The molecule has 3 rings (SSSR count). The van der Waals surface area contributed by atoms with E-state index in [1.165, 1.54) is 17.7 Å². The summed E-state index contributed by atoms with van der Waals surface area (Å²) in [5.41, 5.74) is 0. The first-order chi connectivity index (χ1) is 9.67. The third kappa shape index (κ3) is 2.75. The Hall–Kier alpha value is -0.910. The molecule has 3 heterocycles. The third-order valence-electron chi connectivity index (χ3n) is 3.69. The number of ether oxygens (including phenoxy) is 1. The zero-order valence-electron chi connectivity index (χ0n) is 11.7. The number of hydrogen-bond acceptors (Lipinski definition) is 5. The minimum atomic E-state index is 0.336. The molecule has 0 amide bonds. The predicted octanol–water partition coefficient (Wildman–Crippen LogP) is 3.52. The van der Waals surface area contributed by atoms with Gasteiger partial charge in [-0.05, 0) is 43.4 Å². The summed E-state index contributed by atoms with van der Waals surface area (Å²) in [6.07, 6.45) is 2.38. The fourth-order valence-electron chi connectivity index (χ4n) is 2.87. The van der Waals surface area contributed by atoms with Gasteiger partial charge in [-0.2, -0.15) is 4.98 Å². The fourth-order valence-corrected chi connectivity index (χ4v) is 3.96. The van der Waals surface area contributed by atoms with Crippen molar-refractivity contribution >= 4 is 39.0 Å². The number of aromatic nitrogens is 2. The molecule has 4 nitrogen and oxygen atoms in total. The van der Waals surface area contributed by atoms with Crippen molar-refractivity contribution in [2.24, 2.45) is 5.92 Å². The van der Waals surface area contributed by atoms with E-state index >= 15 is 0 Å². The van der Waals surface area contributed by atoms with Crippen LogP contribution in [-0.2, 0) is 4.74 Å². The van der Waals surface area contributed by atoms with Gasteiger partial charge in [0.05, 0.1) is 12.0 Å². The highest BCUT2D eigenvalue weighted by molar-refractivity contribution is 7.18. The standard InChI is InChI=1S/C14H18ClN3OS/c1-9-6-11-12(16-14(15)17-13(11)20-9)18-5-3-4-10(7-18)8-19-2/h6,10H,3-5,7-8H2,1-2H3. The number of aryl methyl sites for hydroxylation is 1. The van der Waals surface area contributed by atoms with Gasteiger partial charge in [-0.25, -0.2) is 4.98 Å². The monoisotopic (exact) mass is 311 g/mol. The Morgan fingerprint density at radius 1 is 1.50 bits per heavy atom. The smallest absolute Gasteiger partial charge is 0.225 e. The maximum atomic E-state index is 6.08. The first kappa shape index (κ1) is 14.0. The summed E-state index contributed by atoms with van der Waals surface area (Å²) in [6, 6.07) is 2.16. The Kier molecular flexibility index (Phi) is 4.10. The third-order valence-corrected chi connectivity index (χ3v) is 4.80. The number of piperidine rings is 1. The van der Waals surface area contributed by atoms with Crippen molar-refractivity contribution < 1.29 is 4.74 Å². The first-order valence-electron chi connectivity index (χ1n) is 6.85. The largest absolute Gasteiger partial charge is 0.384 e. The van der Waals surface area contributed by atoms with Crippen molar-refractivity contribution in [1.29, 1.82) is 0 Å². The molecule has 1 aliphatic heterocycles. The topological polar surface area (TPSA) is 38.2 Å². The Bertz CT molecular complexity index is 614. The van der Waals surface area contributed by atoms with Gasteiger partial charge in [0, 0.05) is 25.1 Å². The molecule has 2 aromatic rings. The van der Waals surface area contributed by atoms with Gasteiger partial charge in [0.25, 0.3) is 0 Å². The van der Waals surface area contributed by atoms with Gasteiger partial charge in [-0.15, -0.1) is 11.3 Å². The maximum Gasteiger partial charge on any atom is 0.225 e. The molecular formula is C14H18ClN3OS. The molecule has 1 unspecified atom stereocenters. The van der Waals surface area contributed by atoms with E-state index in [1.54, 1.807) is 18.4 Å². The number of fused-ring (bicyclic) bond motifs is 1. The minimum Gasteiger partial charge on any atom is -0.384 e. The lowest BCUT2D eigenvalue weighted by Crippen LogP contribution is -2.37. The second-order valence-electron chi connectivity index (χ2n) is 5.30. The quantitative estimate of drug-likeness (QED) is 0.813. The highest BCUT2D eigenvalue weighted by atomic mass is 35.5. The molecule has 6 heteroatoms. The number of halogens is 1. The first-order valence-corrected chi connectivity index (χ1v) is 8.04. The summed E-state index contributed by atoms with van der Waals surface area (Å²) >= 11 is 7.75. The van der Waals surface area contributed by atoms with E-state index in [-0.39, 0.29) is 0 Å². The van der Waals surface area contributed by atoms with Gasteiger partial charge >= 0.3 is 0 Å². The van der Waals surface area contributed by atoms with Gasteiger partial charge in [-0.3, -0.25) is 0 Å². The van der Waals surface area contributed by atoms with Crippen LogP contribution in [0.25, 0.3) is 10.2 Å².